The number of rotatable bonds is 1. The second-order valence-corrected chi connectivity index (χ2v) is 4.65. The van der Waals surface area contributed by atoms with Crippen molar-refractivity contribution in [2.45, 2.75) is 33.1 Å². The average molecular weight is 217 g/mol. The molecule has 0 saturated carbocycles. The summed E-state index contributed by atoms with van der Waals surface area (Å²) < 4.78 is 0. The zero-order chi connectivity index (χ0) is 11.5. The molecule has 2 nitrogen and oxygen atoms in total. The van der Waals surface area contributed by atoms with Crippen LogP contribution in [0, 0.1) is 13.8 Å². The van der Waals surface area contributed by atoms with Gasteiger partial charge in [-0.25, -0.2) is 0 Å². The molecule has 0 N–H and O–H groups in total. The minimum Gasteiger partial charge on any atom is -0.339 e. The van der Waals surface area contributed by atoms with Crippen LogP contribution in [0.25, 0.3) is 0 Å². The van der Waals surface area contributed by atoms with Crippen LogP contribution in [0.15, 0.2) is 18.2 Å². The number of piperidine rings is 1. The third-order valence-corrected chi connectivity index (χ3v) is 3.40. The van der Waals surface area contributed by atoms with Gasteiger partial charge in [0.15, 0.2) is 0 Å². The summed E-state index contributed by atoms with van der Waals surface area (Å²) in [5, 5.41) is 0. The highest BCUT2D eigenvalue weighted by Gasteiger charge is 2.18. The first-order valence-corrected chi connectivity index (χ1v) is 6.05. The molecular weight excluding hydrogens is 198 g/mol. The predicted octanol–water partition coefficient (Wildman–Crippen LogP) is 2.93. The largest absolute Gasteiger partial charge is 0.339 e. The number of carbonyl (C=O) groups is 1. The van der Waals surface area contributed by atoms with Crippen LogP contribution in [-0.4, -0.2) is 23.9 Å². The normalized spacial score (nSPS) is 16.2. The number of hydrogen-bond donors (Lipinski definition) is 0. The fourth-order valence-corrected chi connectivity index (χ4v) is 2.15. The van der Waals surface area contributed by atoms with Crippen LogP contribution in [-0.2, 0) is 0 Å². The van der Waals surface area contributed by atoms with Crippen molar-refractivity contribution in [3.63, 3.8) is 0 Å². The van der Waals surface area contributed by atoms with Crippen molar-refractivity contribution in [2.24, 2.45) is 0 Å². The summed E-state index contributed by atoms with van der Waals surface area (Å²) in [5.74, 6) is 0.197. The molecule has 86 valence electrons. The maximum absolute atomic E-state index is 12.2. The highest BCUT2D eigenvalue weighted by molar-refractivity contribution is 5.94. The van der Waals surface area contributed by atoms with Crippen molar-refractivity contribution in [1.29, 1.82) is 0 Å². The Morgan fingerprint density at radius 1 is 1.06 bits per heavy atom. The molecule has 0 bridgehead atoms. The van der Waals surface area contributed by atoms with Crippen LogP contribution in [0.5, 0.6) is 0 Å². The van der Waals surface area contributed by atoms with Gasteiger partial charge in [-0.3, -0.25) is 4.79 Å². The summed E-state index contributed by atoms with van der Waals surface area (Å²) in [6.07, 6.45) is 3.56. The molecular formula is C14H19NO. The smallest absolute Gasteiger partial charge is 0.253 e. The monoisotopic (exact) mass is 217 g/mol. The lowest BCUT2D eigenvalue weighted by molar-refractivity contribution is 0.0724. The molecule has 1 aliphatic rings. The van der Waals surface area contributed by atoms with Crippen molar-refractivity contribution >= 4 is 5.91 Å². The molecule has 0 aromatic heterocycles. The lowest BCUT2D eigenvalue weighted by Gasteiger charge is -2.26. The Morgan fingerprint density at radius 3 is 2.38 bits per heavy atom. The maximum atomic E-state index is 12.2. The van der Waals surface area contributed by atoms with E-state index in [1.54, 1.807) is 0 Å². The highest BCUT2D eigenvalue weighted by atomic mass is 16.2. The molecule has 0 atom stereocenters. The molecule has 1 amide bonds. The lowest BCUT2D eigenvalue weighted by Crippen LogP contribution is -2.35. The van der Waals surface area contributed by atoms with E-state index in [4.69, 9.17) is 0 Å². The number of likely N-dealkylation sites (tertiary alicyclic amines) is 1. The SMILES string of the molecule is Cc1ccc(C(=O)N2CCCCC2)cc1C. The molecule has 1 aromatic carbocycles. The Bertz CT molecular complexity index is 392. The molecule has 0 radical (unpaired) electrons. The minimum atomic E-state index is 0.197. The number of carbonyl (C=O) groups excluding carboxylic acids is 1. The standard InChI is InChI=1S/C14H19NO/c1-11-6-7-13(10-12(11)2)14(16)15-8-4-3-5-9-15/h6-7,10H,3-5,8-9H2,1-2H3. The van der Waals surface area contributed by atoms with E-state index in [0.717, 1.165) is 31.5 Å². The van der Waals surface area contributed by atoms with E-state index in [-0.39, 0.29) is 5.91 Å². The fourth-order valence-electron chi connectivity index (χ4n) is 2.15. The van der Waals surface area contributed by atoms with E-state index in [9.17, 15) is 4.79 Å². The summed E-state index contributed by atoms with van der Waals surface area (Å²) in [6.45, 7) is 5.98. The van der Waals surface area contributed by atoms with Crippen molar-refractivity contribution in [3.8, 4) is 0 Å². The van der Waals surface area contributed by atoms with Crippen LogP contribution < -0.4 is 0 Å². The zero-order valence-electron chi connectivity index (χ0n) is 10.1. The van der Waals surface area contributed by atoms with Gasteiger partial charge in [-0.15, -0.1) is 0 Å². The van der Waals surface area contributed by atoms with Crippen molar-refractivity contribution in [2.75, 3.05) is 13.1 Å². The van der Waals surface area contributed by atoms with Crippen LogP contribution in [0.3, 0.4) is 0 Å². The fraction of sp³-hybridized carbons (Fsp3) is 0.500. The van der Waals surface area contributed by atoms with Gasteiger partial charge in [0.2, 0.25) is 0 Å². The molecule has 0 spiro atoms. The summed E-state index contributed by atoms with van der Waals surface area (Å²) in [6, 6.07) is 5.98. The Kier molecular flexibility index (Phi) is 3.28. The molecule has 0 aliphatic carbocycles. The van der Waals surface area contributed by atoms with Gasteiger partial charge in [0, 0.05) is 18.7 Å². The first-order chi connectivity index (χ1) is 7.68. The highest BCUT2D eigenvalue weighted by Crippen LogP contribution is 2.15. The second kappa shape index (κ2) is 4.69. The second-order valence-electron chi connectivity index (χ2n) is 4.65. The summed E-state index contributed by atoms with van der Waals surface area (Å²) in [5.41, 5.74) is 3.28. The molecule has 1 saturated heterocycles. The molecule has 1 aliphatic heterocycles. The zero-order valence-corrected chi connectivity index (χ0v) is 10.1. The topological polar surface area (TPSA) is 20.3 Å². The predicted molar refractivity (Wildman–Crippen MR) is 65.7 cm³/mol. The van der Waals surface area contributed by atoms with Gasteiger partial charge >= 0.3 is 0 Å². The first-order valence-electron chi connectivity index (χ1n) is 6.05. The van der Waals surface area contributed by atoms with Gasteiger partial charge in [0.05, 0.1) is 0 Å². The summed E-state index contributed by atoms with van der Waals surface area (Å²) in [4.78, 5) is 14.2. The number of amides is 1. The number of aryl methyl sites for hydroxylation is 2. The van der Waals surface area contributed by atoms with E-state index >= 15 is 0 Å². The molecule has 0 unspecified atom stereocenters. The van der Waals surface area contributed by atoms with E-state index in [0.29, 0.717) is 0 Å². The molecule has 1 heterocycles. The maximum Gasteiger partial charge on any atom is 0.253 e. The van der Waals surface area contributed by atoms with E-state index in [2.05, 4.69) is 13.8 Å². The molecule has 1 aromatic rings. The van der Waals surface area contributed by atoms with Crippen molar-refractivity contribution < 1.29 is 4.79 Å². The third-order valence-electron chi connectivity index (χ3n) is 3.40. The molecule has 1 fully saturated rings. The third kappa shape index (κ3) is 2.26. The van der Waals surface area contributed by atoms with Crippen LogP contribution in [0.1, 0.15) is 40.7 Å². The molecule has 2 heteroatoms. The van der Waals surface area contributed by atoms with Gasteiger partial charge in [-0.05, 0) is 56.4 Å². The summed E-state index contributed by atoms with van der Waals surface area (Å²) in [7, 11) is 0. The van der Waals surface area contributed by atoms with Gasteiger partial charge in [0.1, 0.15) is 0 Å². The van der Waals surface area contributed by atoms with Crippen LogP contribution in [0.2, 0.25) is 0 Å². The van der Waals surface area contributed by atoms with E-state index in [1.165, 1.54) is 17.5 Å². The quantitative estimate of drug-likeness (QED) is 0.708. The van der Waals surface area contributed by atoms with Crippen molar-refractivity contribution in [3.05, 3.63) is 34.9 Å². The van der Waals surface area contributed by atoms with Crippen LogP contribution >= 0.6 is 0 Å². The van der Waals surface area contributed by atoms with Gasteiger partial charge in [-0.2, -0.15) is 0 Å². The van der Waals surface area contributed by atoms with Crippen molar-refractivity contribution in [1.82, 2.24) is 4.90 Å². The van der Waals surface area contributed by atoms with E-state index < -0.39 is 0 Å². The number of nitrogens with zero attached hydrogens (tertiary/aromatic N) is 1. The molecule has 2 rings (SSSR count). The van der Waals surface area contributed by atoms with Crippen LogP contribution in [0.4, 0.5) is 0 Å². The van der Waals surface area contributed by atoms with Gasteiger partial charge in [-0.1, -0.05) is 6.07 Å². The first kappa shape index (κ1) is 11.2. The Balaban J connectivity index is 2.16. The number of benzene rings is 1. The Hall–Kier alpha value is -1.31. The summed E-state index contributed by atoms with van der Waals surface area (Å²) >= 11 is 0. The number of hydrogen-bond acceptors (Lipinski definition) is 1. The minimum absolute atomic E-state index is 0.197. The Morgan fingerprint density at radius 2 is 1.75 bits per heavy atom. The van der Waals surface area contributed by atoms with Gasteiger partial charge < -0.3 is 4.90 Å². The lowest BCUT2D eigenvalue weighted by atomic mass is 10.0. The van der Waals surface area contributed by atoms with Gasteiger partial charge in [0.25, 0.3) is 5.91 Å². The average Bonchev–Trinajstić information content (AvgIpc) is 2.33. The Labute approximate surface area is 97.3 Å². The van der Waals surface area contributed by atoms with E-state index in [1.807, 2.05) is 23.1 Å². The molecule has 16 heavy (non-hydrogen) atoms.